The number of carbonyl (C=O) groups is 1. The van der Waals surface area contributed by atoms with Gasteiger partial charge in [-0.05, 0) is 56.3 Å². The summed E-state index contributed by atoms with van der Waals surface area (Å²) in [4.78, 5) is 12.7. The van der Waals surface area contributed by atoms with Crippen molar-refractivity contribution in [3.8, 4) is 6.07 Å². The fourth-order valence-corrected chi connectivity index (χ4v) is 6.30. The molecule has 3 aliphatic carbocycles. The van der Waals surface area contributed by atoms with Gasteiger partial charge in [-0.25, -0.2) is 4.79 Å². The van der Waals surface area contributed by atoms with Crippen LogP contribution < -0.4 is 0 Å². The Morgan fingerprint density at radius 3 is 1.71 bits per heavy atom. The fourth-order valence-electron chi connectivity index (χ4n) is 6.30. The van der Waals surface area contributed by atoms with Crippen LogP contribution in [-0.2, 0) is 9.53 Å². The molecule has 3 nitrogen and oxygen atoms in total. The van der Waals surface area contributed by atoms with Gasteiger partial charge in [0.25, 0.3) is 0 Å². The van der Waals surface area contributed by atoms with Gasteiger partial charge in [-0.3, -0.25) is 0 Å². The summed E-state index contributed by atoms with van der Waals surface area (Å²) >= 11 is 0. The van der Waals surface area contributed by atoms with Crippen LogP contribution in [0.5, 0.6) is 0 Å². The van der Waals surface area contributed by atoms with E-state index in [1.807, 2.05) is 6.08 Å². The molecule has 31 heavy (non-hydrogen) atoms. The van der Waals surface area contributed by atoms with Gasteiger partial charge in [0.15, 0.2) is 0 Å². The molecule has 174 valence electrons. The fraction of sp³-hybridized carbons (Fsp3) is 0.857. The second kappa shape index (κ2) is 14.0. The number of hydrogen-bond donors (Lipinski definition) is 0. The van der Waals surface area contributed by atoms with Crippen molar-refractivity contribution in [2.45, 2.75) is 135 Å². The quantitative estimate of drug-likeness (QED) is 0.197. The lowest BCUT2D eigenvalue weighted by molar-refractivity contribution is -0.144. The summed E-state index contributed by atoms with van der Waals surface area (Å²) in [7, 11) is 0. The smallest absolute Gasteiger partial charge is 0.348 e. The van der Waals surface area contributed by atoms with E-state index < -0.39 is 0 Å². The number of hydrogen-bond acceptors (Lipinski definition) is 3. The predicted octanol–water partition coefficient (Wildman–Crippen LogP) is 8.04. The van der Waals surface area contributed by atoms with E-state index in [1.54, 1.807) is 0 Å². The molecule has 3 rings (SSSR count). The third kappa shape index (κ3) is 8.63. The van der Waals surface area contributed by atoms with Crippen LogP contribution in [0.3, 0.4) is 0 Å². The number of ether oxygens (including phenoxy) is 1. The van der Waals surface area contributed by atoms with E-state index in [1.165, 1.54) is 89.9 Å². The molecule has 0 heterocycles. The van der Waals surface area contributed by atoms with Crippen molar-refractivity contribution in [2.75, 3.05) is 0 Å². The van der Waals surface area contributed by atoms with Gasteiger partial charge in [0.1, 0.15) is 17.7 Å². The highest BCUT2D eigenvalue weighted by Crippen LogP contribution is 2.36. The molecule has 0 aromatic rings. The molecule has 3 aliphatic rings. The molecule has 2 atom stereocenters. The van der Waals surface area contributed by atoms with E-state index in [-0.39, 0.29) is 17.6 Å². The maximum Gasteiger partial charge on any atom is 0.348 e. The highest BCUT2D eigenvalue weighted by molar-refractivity contribution is 5.92. The number of nitriles is 1. The molecule has 3 saturated carbocycles. The third-order valence-corrected chi connectivity index (χ3v) is 8.18. The van der Waals surface area contributed by atoms with Crippen molar-refractivity contribution >= 4 is 5.97 Å². The summed E-state index contributed by atoms with van der Waals surface area (Å²) in [5.41, 5.74) is 0.255. The van der Waals surface area contributed by atoms with Crippen LogP contribution in [0.2, 0.25) is 0 Å². The van der Waals surface area contributed by atoms with Gasteiger partial charge in [0.05, 0.1) is 0 Å². The summed E-state index contributed by atoms with van der Waals surface area (Å²) in [6.07, 6.45) is 27.4. The maximum atomic E-state index is 12.7. The summed E-state index contributed by atoms with van der Waals surface area (Å²) in [6.45, 7) is 0. The van der Waals surface area contributed by atoms with E-state index in [4.69, 9.17) is 4.74 Å². The van der Waals surface area contributed by atoms with Crippen LogP contribution in [0.15, 0.2) is 11.6 Å². The number of esters is 1. The summed E-state index contributed by atoms with van der Waals surface area (Å²) < 4.78 is 5.74. The Kier molecular flexibility index (Phi) is 11.0. The topological polar surface area (TPSA) is 50.1 Å². The molecule has 3 heteroatoms. The molecule has 0 bridgehead atoms. The van der Waals surface area contributed by atoms with Crippen LogP contribution in [-0.4, -0.2) is 12.1 Å². The summed E-state index contributed by atoms with van der Waals surface area (Å²) in [6, 6.07) is 2.17. The van der Waals surface area contributed by atoms with E-state index in [0.29, 0.717) is 5.92 Å². The Labute approximate surface area is 191 Å². The highest BCUT2D eigenvalue weighted by Gasteiger charge is 2.24. The average Bonchev–Trinajstić information content (AvgIpc) is 2.94. The Hall–Kier alpha value is -1.30. The molecule has 0 radical (unpaired) electrons. The largest absolute Gasteiger partial charge is 0.458 e. The van der Waals surface area contributed by atoms with Gasteiger partial charge in [0, 0.05) is 0 Å². The minimum absolute atomic E-state index is 0.0109. The molecule has 0 spiro atoms. The molecule has 0 N–H and O–H groups in total. The molecule has 0 aromatic carbocycles. The number of nitrogens with zero attached hydrogens (tertiary/aromatic N) is 1. The Morgan fingerprint density at radius 1 is 0.645 bits per heavy atom. The first-order chi connectivity index (χ1) is 15.3. The van der Waals surface area contributed by atoms with E-state index in [0.717, 1.165) is 50.4 Å². The van der Waals surface area contributed by atoms with E-state index in [2.05, 4.69) is 6.07 Å². The maximum absolute atomic E-state index is 12.7. The third-order valence-electron chi connectivity index (χ3n) is 8.18. The van der Waals surface area contributed by atoms with Gasteiger partial charge in [-0.1, -0.05) is 96.0 Å². The highest BCUT2D eigenvalue weighted by atomic mass is 16.5. The number of carbonyl (C=O) groups excluding carboxylic acids is 1. The van der Waals surface area contributed by atoms with Crippen molar-refractivity contribution in [3.05, 3.63) is 11.6 Å². The molecular weight excluding hydrogens is 382 g/mol. The minimum atomic E-state index is -0.373. The van der Waals surface area contributed by atoms with Crippen LogP contribution in [0.4, 0.5) is 0 Å². The van der Waals surface area contributed by atoms with E-state index in [9.17, 15) is 10.1 Å². The van der Waals surface area contributed by atoms with Crippen LogP contribution >= 0.6 is 0 Å². The Bertz CT molecular complexity index is 589. The first-order valence-corrected chi connectivity index (χ1v) is 13.6. The van der Waals surface area contributed by atoms with Crippen LogP contribution in [0.1, 0.15) is 128 Å². The Morgan fingerprint density at radius 2 is 1.10 bits per heavy atom. The number of rotatable bonds is 4. The van der Waals surface area contributed by atoms with Crippen LogP contribution in [0, 0.1) is 29.1 Å². The summed E-state index contributed by atoms with van der Waals surface area (Å²) in [5.74, 6) is 1.82. The zero-order chi connectivity index (χ0) is 21.7. The lowest BCUT2D eigenvalue weighted by atomic mass is 9.77. The van der Waals surface area contributed by atoms with Crippen molar-refractivity contribution in [1.82, 2.24) is 0 Å². The molecule has 0 aliphatic heterocycles. The number of allylic oxidation sites excluding steroid dienone is 1. The zero-order valence-corrected chi connectivity index (χ0v) is 19.8. The predicted molar refractivity (Wildman–Crippen MR) is 126 cm³/mol. The average molecular weight is 428 g/mol. The molecular formula is C28H45NO2. The summed E-state index contributed by atoms with van der Waals surface area (Å²) in [5, 5.41) is 9.64. The Balaban J connectivity index is 1.52. The first-order valence-electron chi connectivity index (χ1n) is 13.6. The van der Waals surface area contributed by atoms with Gasteiger partial charge in [-0.15, -0.1) is 0 Å². The lowest BCUT2D eigenvalue weighted by Gasteiger charge is -2.28. The zero-order valence-electron chi connectivity index (χ0n) is 19.8. The minimum Gasteiger partial charge on any atom is -0.458 e. The molecule has 3 fully saturated rings. The molecule has 0 amide bonds. The van der Waals surface area contributed by atoms with Gasteiger partial charge in [-0.2, -0.15) is 5.26 Å². The molecule has 0 saturated heterocycles. The molecule has 0 aromatic heterocycles. The second-order valence-electron chi connectivity index (χ2n) is 10.6. The van der Waals surface area contributed by atoms with Crippen molar-refractivity contribution in [3.63, 3.8) is 0 Å². The monoisotopic (exact) mass is 427 g/mol. The van der Waals surface area contributed by atoms with Crippen molar-refractivity contribution in [1.29, 1.82) is 5.26 Å². The second-order valence-corrected chi connectivity index (χ2v) is 10.6. The molecule has 2 unspecified atom stereocenters. The first kappa shape index (κ1) is 24.3. The van der Waals surface area contributed by atoms with E-state index >= 15 is 0 Å². The lowest BCUT2D eigenvalue weighted by Crippen LogP contribution is -2.19. The van der Waals surface area contributed by atoms with Gasteiger partial charge >= 0.3 is 5.97 Å². The van der Waals surface area contributed by atoms with Gasteiger partial charge in [0.2, 0.25) is 0 Å². The van der Waals surface area contributed by atoms with Crippen LogP contribution in [0.25, 0.3) is 0 Å². The SMILES string of the molecule is N#C/C(=C\C1CCCCC(C2CCCCCCC2)CCC1)C(=O)OC1CCCCCC1. The van der Waals surface area contributed by atoms with Crippen molar-refractivity contribution < 1.29 is 9.53 Å². The van der Waals surface area contributed by atoms with Gasteiger partial charge < -0.3 is 4.74 Å². The normalized spacial score (nSPS) is 28.7. The standard InChI is InChI=1S/C28H45NO2/c29-22-26(28(30)31-27-19-8-4-5-9-20-27)21-23-13-10-11-17-25(18-12-14-23)24-15-6-2-1-3-7-16-24/h21,23-25,27H,1-20H2/b26-21+. The van der Waals surface area contributed by atoms with Crippen molar-refractivity contribution in [2.24, 2.45) is 17.8 Å².